The number of para-hydroxylation sites is 2. The topological polar surface area (TPSA) is 352 Å². The Hall–Kier alpha value is -8.38. The van der Waals surface area contributed by atoms with Gasteiger partial charge in [-0.1, -0.05) is 172 Å². The van der Waals surface area contributed by atoms with Crippen molar-refractivity contribution in [3.8, 4) is 10.4 Å². The second-order valence-corrected chi connectivity index (χ2v) is 26.8. The van der Waals surface area contributed by atoms with Crippen LogP contribution in [0.4, 0.5) is 0 Å². The number of allylic oxidation sites excluding steroid dienone is 2. The summed E-state index contributed by atoms with van der Waals surface area (Å²) in [5, 5.41) is 30.0. The number of benzene rings is 4. The van der Waals surface area contributed by atoms with Gasteiger partial charge in [0.05, 0.1) is 45.6 Å². The number of nitrogens with zero attached hydrogens (tertiary/aromatic N) is 4. The van der Waals surface area contributed by atoms with E-state index in [4.69, 9.17) is 15.2 Å². The van der Waals surface area contributed by atoms with E-state index in [0.717, 1.165) is 110 Å². The van der Waals surface area contributed by atoms with Crippen molar-refractivity contribution in [3.05, 3.63) is 145 Å². The Morgan fingerprint density at radius 3 is 1.48 bits per heavy atom. The van der Waals surface area contributed by atoms with E-state index in [2.05, 4.69) is 39.9 Å². The van der Waals surface area contributed by atoms with Crippen LogP contribution in [0, 0.1) is 11.8 Å². The Labute approximate surface area is 619 Å². The Morgan fingerprint density at radius 2 is 1.05 bits per heavy atom. The first-order valence-electron chi connectivity index (χ1n) is 32.8. The Kier molecular flexibility index (Phi) is 31.2. The van der Waals surface area contributed by atoms with E-state index in [1.54, 1.807) is 17.0 Å². The van der Waals surface area contributed by atoms with Crippen molar-refractivity contribution in [2.24, 2.45) is 17.6 Å². The van der Waals surface area contributed by atoms with Crippen LogP contribution in [0.25, 0.3) is 20.4 Å². The number of nitrogens with one attached hydrogen (secondary N) is 3. The van der Waals surface area contributed by atoms with Crippen molar-refractivity contribution in [1.82, 2.24) is 35.7 Å². The van der Waals surface area contributed by atoms with Crippen LogP contribution in [-0.2, 0) is 63.7 Å². The number of aromatic nitrogens is 2. The summed E-state index contributed by atoms with van der Waals surface area (Å²) in [5.74, 6) is -6.15. The van der Waals surface area contributed by atoms with Crippen molar-refractivity contribution in [2.75, 3.05) is 13.1 Å². The molecule has 4 aromatic carbocycles. The van der Waals surface area contributed by atoms with Gasteiger partial charge < -0.3 is 66.6 Å². The van der Waals surface area contributed by atoms with E-state index >= 15 is 0 Å². The number of carbonyl (C=O) groups is 10. The second kappa shape index (κ2) is 38.6. The molecule has 0 radical (unpaired) electrons. The predicted octanol–water partition coefficient (Wildman–Crippen LogP) is 6.28. The number of hydrogen-bond donors (Lipinski definition) is 6. The molecule has 29 heteroatoms. The number of nitrogens with two attached hydrogens (primary N) is 1. The van der Waals surface area contributed by atoms with Gasteiger partial charge in [0.1, 0.15) is 41.7 Å². The molecule has 4 aliphatic heterocycles. The van der Waals surface area contributed by atoms with E-state index in [1.807, 2.05) is 121 Å². The third kappa shape index (κ3) is 22.6. The third-order valence-corrected chi connectivity index (χ3v) is 19.3. The molecule has 0 spiro atoms. The maximum atomic E-state index is 14.2. The summed E-state index contributed by atoms with van der Waals surface area (Å²) in [6.07, 6.45) is 17.3. The largest absolute Gasteiger partial charge is 1.00 e. The van der Waals surface area contributed by atoms with Crippen LogP contribution in [0.15, 0.2) is 133 Å². The number of rotatable bonds is 13. The number of aliphatic carboxylic acids is 2. The fourth-order valence-corrected chi connectivity index (χ4v) is 13.9. The number of carboxylic acids is 2. The van der Waals surface area contributed by atoms with E-state index in [-0.39, 0.29) is 95.4 Å². The summed E-state index contributed by atoms with van der Waals surface area (Å²) >= 11 is 2.84. The molecule has 101 heavy (non-hydrogen) atoms. The summed E-state index contributed by atoms with van der Waals surface area (Å²) in [4.78, 5) is 132. The number of carbonyl (C=O) groups excluding carboxylic acids is 8. The average Bonchev–Trinajstić information content (AvgIpc) is 1.59. The fraction of sp³-hybridized carbons (Fsp3) is 0.444. The SMILES string of the molecule is C.C.CC(=O)OB(OC(C)=O)OC(C)=O.N[C@H]1CCCCC/C=C\[C@@H]2C[C@@]2(C(=O)O)NC(=O)[C@@H]2C[C@@H](Oc3nc4ccccc4s3)CN2C1=O.O=C1N[C@]2(C(=O)O)C[C@H]2/C=C\CCCCC[C@H](NCc2ccccc2)C(=O)N2C[C@H](Oc3nc4ccccc4s3)C[C@@H]12.O=Cc1ccccc1.[H-].[Na+]. The molecule has 4 amide bonds. The van der Waals surface area contributed by atoms with Crippen molar-refractivity contribution < 1.29 is 113 Å². The maximum Gasteiger partial charge on any atom is 1.00 e. The van der Waals surface area contributed by atoms with Gasteiger partial charge in [-0.05, 0) is 81.2 Å². The molecule has 0 unspecified atom stereocenters. The molecule has 4 fully saturated rings. The first-order chi connectivity index (χ1) is 47.1. The average molecular weight is 1440 g/mol. The van der Waals surface area contributed by atoms with E-state index in [0.29, 0.717) is 42.6 Å². The Balaban J connectivity index is 0.000000280. The molecular weight excluding hydrogens is 1350 g/mol. The summed E-state index contributed by atoms with van der Waals surface area (Å²) in [6.45, 7) is 4.24. The van der Waals surface area contributed by atoms with Gasteiger partial charge in [0.2, 0.25) is 23.6 Å². The van der Waals surface area contributed by atoms with Gasteiger partial charge in [-0.15, -0.1) is 0 Å². The van der Waals surface area contributed by atoms with Crippen molar-refractivity contribution in [1.29, 1.82) is 0 Å². The molecule has 6 aliphatic rings. The third-order valence-electron chi connectivity index (χ3n) is 17.5. The van der Waals surface area contributed by atoms with Crippen LogP contribution < -0.4 is 60.7 Å². The van der Waals surface area contributed by atoms with Gasteiger partial charge in [0.15, 0.2) is 0 Å². The predicted molar refractivity (Wildman–Crippen MR) is 378 cm³/mol. The smallest absolute Gasteiger partial charge is 1.00 e. The molecule has 25 nitrogen and oxygen atoms in total. The van der Waals surface area contributed by atoms with Crippen molar-refractivity contribution >= 4 is 110 Å². The number of aldehydes is 1. The minimum Gasteiger partial charge on any atom is -1.00 e. The zero-order chi connectivity index (χ0) is 69.9. The van der Waals surface area contributed by atoms with E-state index in [9.17, 15) is 58.2 Å². The van der Waals surface area contributed by atoms with Crippen molar-refractivity contribution in [3.63, 3.8) is 0 Å². The standard InChI is InChI=1S/C32H36N4O5S.C25H30N4O5S.C7H6O.C6H9BO6.2CH4.Na.H/c37-28-26-17-23(41-31-34-24-14-9-10-16-27(24)42-31)20-36(26)29(38)25(33-19-21-11-5-4-6-12-21)15-8-3-1-2-7-13-22-18-32(22,35-28)30(39)40;26-17-9-5-3-1-2-4-8-15-13-25(15,23(32)33)28-21(30)19-12-16(14-29(19)22(17)31)34-24-27-18-10-6-7-11-20(18)35-24;8-6-7-4-2-1-3-5-7;1-4(8)11-7(12-5(2)9)13-6(3)10;;;;/h4-7,9-14,16,22-23,25-26,33H,1-3,8,15,17-20H2,(H,35,37)(H,39,40);4,6-8,10-11,15-17,19H,1-3,5,9,12-14,26H2,(H,28,30)(H,32,33);1-6H;1-3H3;2*1H4;;/q;;;;;;+1;-1/b13-7-;8-4-;;;;;;/t22-,23-,25+,26+,32-;15-,16-,17+,19+,25-;;;;;;/m11....../s1. The van der Waals surface area contributed by atoms with Crippen LogP contribution in [0.2, 0.25) is 0 Å². The number of carboxylic acid groups (broad SMARTS) is 2. The summed E-state index contributed by atoms with van der Waals surface area (Å²) in [6, 6.07) is 31.6. The van der Waals surface area contributed by atoms with Crippen LogP contribution in [-0.4, -0.2) is 158 Å². The number of fused-ring (bicyclic) bond motifs is 6. The molecular formula is C72H90BN8NaO17S2. The number of amides is 4. The zero-order valence-electron chi connectivity index (χ0n) is 56.7. The zero-order valence-corrected chi connectivity index (χ0v) is 59.3. The van der Waals surface area contributed by atoms with E-state index < -0.39 is 96.4 Å². The number of ether oxygens (including phenoxy) is 2. The fourth-order valence-electron chi connectivity index (χ4n) is 12.2. The van der Waals surface area contributed by atoms with Gasteiger partial charge in [0.25, 0.3) is 28.3 Å². The second-order valence-electron chi connectivity index (χ2n) is 24.8. The number of thiazole rings is 2. The molecule has 6 heterocycles. The monoisotopic (exact) mass is 1440 g/mol. The maximum absolute atomic E-state index is 14.2. The molecule has 536 valence electrons. The van der Waals surface area contributed by atoms with Gasteiger partial charge in [-0.2, -0.15) is 0 Å². The van der Waals surface area contributed by atoms with E-state index in [1.165, 1.54) is 27.6 Å². The first-order valence-corrected chi connectivity index (χ1v) is 34.4. The Bertz CT molecular complexity index is 3790. The van der Waals surface area contributed by atoms with Crippen LogP contribution in [0.5, 0.6) is 10.4 Å². The molecule has 6 aromatic rings. The minimum absolute atomic E-state index is 0. The normalized spacial score (nSPS) is 25.2. The van der Waals surface area contributed by atoms with Crippen molar-refractivity contribution in [2.45, 2.75) is 180 Å². The molecule has 2 saturated heterocycles. The molecule has 2 saturated carbocycles. The van der Waals surface area contributed by atoms with Crippen LogP contribution in [0.3, 0.4) is 0 Å². The van der Waals surface area contributed by atoms with Gasteiger partial charge in [-0.3, -0.25) is 38.4 Å². The minimum atomic E-state index is -1.59. The van der Waals surface area contributed by atoms with Crippen LogP contribution in [0.1, 0.15) is 143 Å². The summed E-state index contributed by atoms with van der Waals surface area (Å²) in [7, 11) is -1.59. The van der Waals surface area contributed by atoms with Gasteiger partial charge in [0, 0.05) is 57.6 Å². The van der Waals surface area contributed by atoms with Crippen LogP contribution >= 0.6 is 22.7 Å². The molecule has 2 aromatic heterocycles. The summed E-state index contributed by atoms with van der Waals surface area (Å²) < 4.78 is 27.4. The molecule has 7 N–H and O–H groups in total. The molecule has 0 bridgehead atoms. The quantitative estimate of drug-likeness (QED) is 0.0420. The first kappa shape index (κ1) is 81.6. The van der Waals surface area contributed by atoms with Gasteiger partial charge in [-0.25, -0.2) is 19.6 Å². The molecule has 12 rings (SSSR count). The number of hydrogen-bond acceptors (Lipinski definition) is 21. The summed E-state index contributed by atoms with van der Waals surface area (Å²) in [5.41, 5.74) is 7.04. The molecule has 2 aliphatic carbocycles. The molecule has 10 atom stereocenters. The van der Waals surface area contributed by atoms with Gasteiger partial charge >= 0.3 is 48.8 Å². The Morgan fingerprint density at radius 1 is 0.624 bits per heavy atom.